The van der Waals surface area contributed by atoms with E-state index in [9.17, 15) is 9.59 Å². The zero-order valence-corrected chi connectivity index (χ0v) is 18.0. The molecule has 0 aliphatic rings. The first-order chi connectivity index (χ1) is 14.4. The summed E-state index contributed by atoms with van der Waals surface area (Å²) in [6, 6.07) is 15.4. The third kappa shape index (κ3) is 5.27. The fourth-order valence-electron chi connectivity index (χ4n) is 3.45. The van der Waals surface area contributed by atoms with Crippen LogP contribution in [0.15, 0.2) is 57.7 Å². The molecule has 30 heavy (non-hydrogen) atoms. The van der Waals surface area contributed by atoms with Crippen molar-refractivity contribution in [2.45, 2.75) is 26.3 Å². The minimum absolute atomic E-state index is 0.105. The van der Waals surface area contributed by atoms with Gasteiger partial charge in [-0.15, -0.1) is 0 Å². The molecule has 3 rings (SSSR count). The van der Waals surface area contributed by atoms with E-state index in [2.05, 4.69) is 50.6 Å². The number of quaternary nitrogens is 1. The largest absolute Gasteiger partial charge is 0.484 e. The van der Waals surface area contributed by atoms with Crippen molar-refractivity contribution in [3.8, 4) is 5.75 Å². The van der Waals surface area contributed by atoms with Gasteiger partial charge in [-0.25, -0.2) is 4.79 Å². The van der Waals surface area contributed by atoms with E-state index in [4.69, 9.17) is 9.15 Å². The molecule has 6 heteroatoms. The molecule has 3 aromatic rings. The minimum atomic E-state index is -0.404. The first kappa shape index (κ1) is 21.6. The first-order valence-electron chi connectivity index (χ1n) is 10.2. The number of rotatable bonds is 8. The molecule has 0 aliphatic heterocycles. The maximum atomic E-state index is 12.3. The Morgan fingerprint density at radius 1 is 1.13 bits per heavy atom. The summed E-state index contributed by atoms with van der Waals surface area (Å²) in [5, 5.41) is 3.80. The van der Waals surface area contributed by atoms with Crippen molar-refractivity contribution in [1.29, 1.82) is 0 Å². The molecule has 1 atom stereocenters. The number of likely N-dealkylation sites (N-methyl/N-ethyl adjacent to an activating group) is 1. The van der Waals surface area contributed by atoms with Gasteiger partial charge in [-0.1, -0.05) is 31.2 Å². The second kappa shape index (κ2) is 9.59. The van der Waals surface area contributed by atoms with Gasteiger partial charge in [0.15, 0.2) is 6.61 Å². The molecule has 0 aliphatic carbocycles. The van der Waals surface area contributed by atoms with Crippen LogP contribution in [-0.2, 0) is 11.2 Å². The highest BCUT2D eigenvalue weighted by Crippen LogP contribution is 2.22. The topological polar surface area (TPSA) is 73.0 Å². The van der Waals surface area contributed by atoms with Crippen LogP contribution in [0.5, 0.6) is 5.75 Å². The van der Waals surface area contributed by atoms with Crippen molar-refractivity contribution in [2.24, 2.45) is 0 Å². The number of amides is 1. The zero-order valence-electron chi connectivity index (χ0n) is 18.0. The summed E-state index contributed by atoms with van der Waals surface area (Å²) >= 11 is 0. The van der Waals surface area contributed by atoms with Crippen molar-refractivity contribution >= 4 is 16.9 Å². The smallest absolute Gasteiger partial charge is 0.336 e. The lowest BCUT2D eigenvalue weighted by molar-refractivity contribution is -0.890. The van der Waals surface area contributed by atoms with Crippen molar-refractivity contribution < 1.29 is 18.8 Å². The zero-order chi connectivity index (χ0) is 21.7. The summed E-state index contributed by atoms with van der Waals surface area (Å²) in [6.45, 7) is 4.40. The minimum Gasteiger partial charge on any atom is -0.484 e. The third-order valence-corrected chi connectivity index (χ3v) is 5.28. The Kier molecular flexibility index (Phi) is 6.90. The van der Waals surface area contributed by atoms with E-state index in [1.165, 1.54) is 22.1 Å². The van der Waals surface area contributed by atoms with Crippen LogP contribution in [0.4, 0.5) is 0 Å². The summed E-state index contributed by atoms with van der Waals surface area (Å²) in [4.78, 5) is 25.1. The predicted molar refractivity (Wildman–Crippen MR) is 117 cm³/mol. The van der Waals surface area contributed by atoms with Gasteiger partial charge < -0.3 is 19.4 Å². The van der Waals surface area contributed by atoms with Crippen LogP contribution in [0.3, 0.4) is 0 Å². The van der Waals surface area contributed by atoms with Crippen LogP contribution in [0.1, 0.15) is 29.7 Å². The monoisotopic (exact) mass is 409 g/mol. The summed E-state index contributed by atoms with van der Waals surface area (Å²) in [6.07, 6.45) is 1.01. The highest BCUT2D eigenvalue weighted by molar-refractivity contribution is 5.81. The Bertz CT molecular complexity index is 1070. The van der Waals surface area contributed by atoms with E-state index in [0.29, 0.717) is 17.9 Å². The van der Waals surface area contributed by atoms with Gasteiger partial charge in [0.2, 0.25) is 0 Å². The van der Waals surface area contributed by atoms with Crippen LogP contribution < -0.4 is 20.6 Å². The number of ether oxygens (including phenoxy) is 1. The second-order valence-corrected chi connectivity index (χ2v) is 7.72. The molecule has 0 saturated heterocycles. The molecule has 0 saturated carbocycles. The number of carbonyl (C=O) groups excluding carboxylic acids is 1. The average molecular weight is 410 g/mol. The van der Waals surface area contributed by atoms with Gasteiger partial charge in [0.25, 0.3) is 5.91 Å². The Labute approximate surface area is 176 Å². The van der Waals surface area contributed by atoms with E-state index in [1.807, 2.05) is 13.0 Å². The van der Waals surface area contributed by atoms with Crippen molar-refractivity contribution in [2.75, 3.05) is 27.2 Å². The molecule has 158 valence electrons. The fourth-order valence-corrected chi connectivity index (χ4v) is 3.45. The number of hydrogen-bond acceptors (Lipinski definition) is 4. The van der Waals surface area contributed by atoms with Crippen molar-refractivity contribution in [1.82, 2.24) is 5.32 Å². The standard InChI is InChI=1S/C24H28N2O4/c1-5-17-6-8-18(9-7-17)21(26(3)4)14-25-23(27)15-29-19-10-11-20-16(2)12-24(28)30-22(20)13-19/h6-13,21H,5,14-15H2,1-4H3,(H,25,27)/p+1/t21-/m0/s1. The molecule has 0 bridgehead atoms. The van der Waals surface area contributed by atoms with Gasteiger partial charge in [-0.2, -0.15) is 0 Å². The molecule has 0 radical (unpaired) electrons. The number of carbonyl (C=O) groups is 1. The molecule has 0 fully saturated rings. The molecular weight excluding hydrogens is 380 g/mol. The number of fused-ring (bicyclic) bond motifs is 1. The predicted octanol–water partition coefficient (Wildman–Crippen LogP) is 2.04. The Balaban J connectivity index is 1.59. The van der Waals surface area contributed by atoms with Gasteiger partial charge in [-0.05, 0) is 36.6 Å². The summed E-state index contributed by atoms with van der Waals surface area (Å²) in [5.41, 5.74) is 3.37. The van der Waals surface area contributed by atoms with Gasteiger partial charge >= 0.3 is 5.63 Å². The van der Waals surface area contributed by atoms with Crippen molar-refractivity contribution in [3.63, 3.8) is 0 Å². The van der Waals surface area contributed by atoms with Gasteiger partial charge in [0, 0.05) is 23.1 Å². The van der Waals surface area contributed by atoms with Gasteiger partial charge in [0.1, 0.15) is 17.4 Å². The Morgan fingerprint density at radius 3 is 2.53 bits per heavy atom. The molecule has 6 nitrogen and oxygen atoms in total. The van der Waals surface area contributed by atoms with Crippen molar-refractivity contribution in [3.05, 3.63) is 75.6 Å². The maximum absolute atomic E-state index is 12.3. The molecule has 1 heterocycles. The van der Waals surface area contributed by atoms with Gasteiger partial charge in [0.05, 0.1) is 20.6 Å². The second-order valence-electron chi connectivity index (χ2n) is 7.72. The highest BCUT2D eigenvalue weighted by atomic mass is 16.5. The maximum Gasteiger partial charge on any atom is 0.336 e. The lowest BCUT2D eigenvalue weighted by Crippen LogP contribution is -3.07. The Hall–Kier alpha value is -3.12. The van der Waals surface area contributed by atoms with Gasteiger partial charge in [-0.3, -0.25) is 4.79 Å². The molecule has 1 amide bonds. The molecule has 2 aromatic carbocycles. The number of hydrogen-bond donors (Lipinski definition) is 2. The summed E-state index contributed by atoms with van der Waals surface area (Å²) in [7, 11) is 4.15. The summed E-state index contributed by atoms with van der Waals surface area (Å²) < 4.78 is 10.8. The molecule has 1 aromatic heterocycles. The van der Waals surface area contributed by atoms with E-state index in [-0.39, 0.29) is 18.6 Å². The Morgan fingerprint density at radius 2 is 1.87 bits per heavy atom. The fraction of sp³-hybridized carbons (Fsp3) is 0.333. The van der Waals surface area contributed by atoms with Crippen LogP contribution in [0.25, 0.3) is 11.0 Å². The van der Waals surface area contributed by atoms with Crippen LogP contribution in [0, 0.1) is 6.92 Å². The number of aryl methyl sites for hydroxylation is 2. The molecule has 2 N–H and O–H groups in total. The van der Waals surface area contributed by atoms with Crippen LogP contribution in [-0.4, -0.2) is 33.2 Å². The average Bonchev–Trinajstić information content (AvgIpc) is 2.72. The SMILES string of the molecule is CCc1ccc([C@H](CNC(=O)COc2ccc3c(C)cc(=O)oc3c2)[NH+](C)C)cc1. The molecular formula is C24H29N2O4+. The lowest BCUT2D eigenvalue weighted by Gasteiger charge is -2.22. The molecule has 0 spiro atoms. The van der Waals surface area contributed by atoms with E-state index in [0.717, 1.165) is 17.4 Å². The highest BCUT2D eigenvalue weighted by Gasteiger charge is 2.19. The number of benzene rings is 2. The van der Waals surface area contributed by atoms with E-state index >= 15 is 0 Å². The number of nitrogens with one attached hydrogen (secondary N) is 2. The van der Waals surface area contributed by atoms with E-state index in [1.54, 1.807) is 12.1 Å². The quantitative estimate of drug-likeness (QED) is 0.559. The van der Waals surface area contributed by atoms with Crippen LogP contribution >= 0.6 is 0 Å². The first-order valence-corrected chi connectivity index (χ1v) is 10.2. The normalized spacial score (nSPS) is 12.2. The molecule has 0 unspecified atom stereocenters. The van der Waals surface area contributed by atoms with E-state index < -0.39 is 5.63 Å². The lowest BCUT2D eigenvalue weighted by atomic mass is 10.0. The summed E-state index contributed by atoms with van der Waals surface area (Å²) in [5.74, 6) is 0.286. The van der Waals surface area contributed by atoms with Crippen LogP contribution in [0.2, 0.25) is 0 Å². The third-order valence-electron chi connectivity index (χ3n) is 5.28.